The zero-order chi connectivity index (χ0) is 15.5. The van der Waals surface area contributed by atoms with Gasteiger partial charge in [0.25, 0.3) is 10.0 Å². The van der Waals surface area contributed by atoms with Crippen LogP contribution in [0.2, 0.25) is 0 Å². The number of sulfonamides is 1. The predicted molar refractivity (Wildman–Crippen MR) is 83.5 cm³/mol. The summed E-state index contributed by atoms with van der Waals surface area (Å²) in [4.78, 5) is 5.02. The van der Waals surface area contributed by atoms with Crippen molar-refractivity contribution in [3.63, 3.8) is 0 Å². The lowest BCUT2D eigenvalue weighted by atomic mass is 10.6. The van der Waals surface area contributed by atoms with Crippen LogP contribution in [-0.4, -0.2) is 55.5 Å². The Hall–Kier alpha value is -1.16. The first-order valence-corrected chi connectivity index (χ1v) is 9.06. The Labute approximate surface area is 128 Å². The van der Waals surface area contributed by atoms with Crippen LogP contribution in [-0.2, 0) is 14.8 Å². The summed E-state index contributed by atoms with van der Waals surface area (Å²) in [5.74, 6) is 0.403. The molecule has 0 fully saturated rings. The molecule has 2 aromatic rings. The zero-order valence-corrected chi connectivity index (χ0v) is 14.0. The van der Waals surface area contributed by atoms with E-state index in [1.807, 2.05) is 19.2 Å². The van der Waals surface area contributed by atoms with Crippen molar-refractivity contribution < 1.29 is 13.2 Å². The first-order chi connectivity index (χ1) is 10.1. The number of anilines is 1. The van der Waals surface area contributed by atoms with E-state index < -0.39 is 10.0 Å². The molecule has 2 aromatic heterocycles. The Balaban J connectivity index is 2.51. The fourth-order valence-electron chi connectivity index (χ4n) is 2.06. The number of nitrogens with one attached hydrogen (secondary N) is 1. The van der Waals surface area contributed by atoms with Crippen LogP contribution in [0, 0.1) is 0 Å². The maximum Gasteiger partial charge on any atom is 0.262 e. The van der Waals surface area contributed by atoms with Crippen molar-refractivity contribution in [2.24, 2.45) is 0 Å². The topological polar surface area (TPSA) is 75.9 Å². The van der Waals surface area contributed by atoms with Crippen LogP contribution in [0.25, 0.3) is 4.96 Å². The zero-order valence-electron chi connectivity index (χ0n) is 12.4. The maximum atomic E-state index is 12.9. The fraction of sp³-hybridized carbons (Fsp3) is 0.583. The first kappa shape index (κ1) is 16.2. The number of likely N-dealkylation sites (N-methyl/N-ethyl adjacent to an activating group) is 1. The number of hydrogen-bond acceptors (Lipinski definition) is 6. The smallest absolute Gasteiger partial charge is 0.262 e. The third-order valence-electron chi connectivity index (χ3n) is 3.04. The highest BCUT2D eigenvalue weighted by molar-refractivity contribution is 7.89. The summed E-state index contributed by atoms with van der Waals surface area (Å²) < 4.78 is 33.8. The van der Waals surface area contributed by atoms with E-state index in [9.17, 15) is 8.42 Å². The number of fused-ring (bicyclic) bond motifs is 1. The highest BCUT2D eigenvalue weighted by Gasteiger charge is 2.30. The summed E-state index contributed by atoms with van der Waals surface area (Å²) in [6.07, 6.45) is 1.73. The molecule has 0 aromatic carbocycles. The van der Waals surface area contributed by atoms with Crippen LogP contribution in [0.4, 0.5) is 5.82 Å². The van der Waals surface area contributed by atoms with E-state index >= 15 is 0 Å². The number of rotatable bonds is 8. The average molecular weight is 332 g/mol. The summed E-state index contributed by atoms with van der Waals surface area (Å²) >= 11 is 1.41. The molecule has 2 heterocycles. The molecular weight excluding hydrogens is 312 g/mol. The van der Waals surface area contributed by atoms with Crippen molar-refractivity contribution in [3.8, 4) is 0 Å². The van der Waals surface area contributed by atoms with Crippen molar-refractivity contribution in [2.75, 3.05) is 38.7 Å². The molecule has 0 atom stereocenters. The fourth-order valence-corrected chi connectivity index (χ4v) is 4.49. The highest BCUT2D eigenvalue weighted by Crippen LogP contribution is 2.28. The molecule has 9 heteroatoms. The number of ether oxygens (including phenoxy) is 1. The van der Waals surface area contributed by atoms with E-state index in [4.69, 9.17) is 4.74 Å². The van der Waals surface area contributed by atoms with Gasteiger partial charge in [0, 0.05) is 38.3 Å². The third kappa shape index (κ3) is 3.05. The molecule has 118 valence electrons. The number of methoxy groups -OCH3 is 1. The van der Waals surface area contributed by atoms with E-state index in [2.05, 4.69) is 10.3 Å². The first-order valence-electron chi connectivity index (χ1n) is 6.74. The van der Waals surface area contributed by atoms with Crippen LogP contribution >= 0.6 is 11.3 Å². The van der Waals surface area contributed by atoms with E-state index in [0.717, 1.165) is 0 Å². The second kappa shape index (κ2) is 6.73. The Bertz CT molecular complexity index is 692. The lowest BCUT2D eigenvalue weighted by molar-refractivity contribution is 0.180. The normalized spacial score (nSPS) is 12.4. The molecule has 1 N–H and O–H groups in total. The Morgan fingerprint density at radius 2 is 2.24 bits per heavy atom. The van der Waals surface area contributed by atoms with Crippen LogP contribution in [0.3, 0.4) is 0 Å². The number of aromatic nitrogens is 2. The molecule has 0 aliphatic carbocycles. The van der Waals surface area contributed by atoms with Gasteiger partial charge in [-0.2, -0.15) is 4.31 Å². The molecule has 7 nitrogen and oxygen atoms in total. The maximum absolute atomic E-state index is 12.9. The molecule has 0 saturated carbocycles. The van der Waals surface area contributed by atoms with Crippen molar-refractivity contribution in [1.29, 1.82) is 0 Å². The summed E-state index contributed by atoms with van der Waals surface area (Å²) in [5.41, 5.74) is 0. The summed E-state index contributed by atoms with van der Waals surface area (Å²) in [6.45, 7) is 5.39. The van der Waals surface area contributed by atoms with Gasteiger partial charge < -0.3 is 10.1 Å². The van der Waals surface area contributed by atoms with Crippen LogP contribution in [0.15, 0.2) is 16.6 Å². The Morgan fingerprint density at radius 3 is 2.86 bits per heavy atom. The Morgan fingerprint density at radius 1 is 1.48 bits per heavy atom. The van der Waals surface area contributed by atoms with Crippen molar-refractivity contribution in [2.45, 2.75) is 18.9 Å². The minimum atomic E-state index is -3.63. The standard InChI is InChI=1S/C12H20N4O3S2/c1-4-13-10-11(16-7-9-20-12(16)14-10)21(17,18)15(5-2)6-8-19-3/h7,9,13H,4-6,8H2,1-3H3. The quantitative estimate of drug-likeness (QED) is 0.792. The molecule has 0 spiro atoms. The minimum absolute atomic E-state index is 0.193. The van der Waals surface area contributed by atoms with Gasteiger partial charge >= 0.3 is 0 Å². The van der Waals surface area contributed by atoms with Gasteiger partial charge in [0.05, 0.1) is 6.61 Å². The lowest BCUT2D eigenvalue weighted by Gasteiger charge is -2.20. The van der Waals surface area contributed by atoms with Gasteiger partial charge in [-0.25, -0.2) is 13.4 Å². The molecule has 0 bridgehead atoms. The van der Waals surface area contributed by atoms with Crippen LogP contribution < -0.4 is 5.32 Å². The number of nitrogens with zero attached hydrogens (tertiary/aromatic N) is 3. The van der Waals surface area contributed by atoms with Gasteiger partial charge in [0.2, 0.25) is 0 Å². The number of thiazole rings is 1. The second-order valence-electron chi connectivity index (χ2n) is 4.34. The average Bonchev–Trinajstić information content (AvgIpc) is 2.99. The molecule has 0 radical (unpaired) electrons. The largest absolute Gasteiger partial charge is 0.383 e. The molecule has 0 amide bonds. The van der Waals surface area contributed by atoms with Gasteiger partial charge in [-0.3, -0.25) is 4.40 Å². The summed E-state index contributed by atoms with van der Waals surface area (Å²) in [7, 11) is -2.08. The third-order valence-corrected chi connectivity index (χ3v) is 5.80. The van der Waals surface area contributed by atoms with Gasteiger partial charge in [0.15, 0.2) is 15.8 Å². The monoisotopic (exact) mass is 332 g/mol. The van der Waals surface area contributed by atoms with Gasteiger partial charge in [-0.1, -0.05) is 6.92 Å². The van der Waals surface area contributed by atoms with Crippen molar-refractivity contribution >= 4 is 32.1 Å². The number of imidazole rings is 1. The van der Waals surface area contributed by atoms with Gasteiger partial charge in [0.1, 0.15) is 0 Å². The number of hydrogen-bond donors (Lipinski definition) is 1. The van der Waals surface area contributed by atoms with E-state index in [-0.39, 0.29) is 5.03 Å². The van der Waals surface area contributed by atoms with Crippen LogP contribution in [0.1, 0.15) is 13.8 Å². The van der Waals surface area contributed by atoms with Crippen molar-refractivity contribution in [3.05, 3.63) is 11.6 Å². The van der Waals surface area contributed by atoms with Crippen LogP contribution in [0.5, 0.6) is 0 Å². The Kier molecular flexibility index (Phi) is 5.20. The second-order valence-corrected chi connectivity index (χ2v) is 7.07. The van der Waals surface area contributed by atoms with E-state index in [0.29, 0.717) is 37.0 Å². The van der Waals surface area contributed by atoms with E-state index in [1.54, 1.807) is 17.7 Å². The molecule has 0 unspecified atom stereocenters. The molecule has 0 aliphatic rings. The highest BCUT2D eigenvalue weighted by atomic mass is 32.2. The molecule has 0 aliphatic heterocycles. The lowest BCUT2D eigenvalue weighted by Crippen LogP contribution is -2.34. The molecular formula is C12H20N4O3S2. The van der Waals surface area contributed by atoms with Crippen molar-refractivity contribution in [1.82, 2.24) is 13.7 Å². The SMILES string of the molecule is CCNc1nc2sccn2c1S(=O)(=O)N(CC)CCOC. The molecule has 2 rings (SSSR count). The van der Waals surface area contributed by atoms with Gasteiger partial charge in [-0.15, -0.1) is 11.3 Å². The molecule has 0 saturated heterocycles. The molecule has 21 heavy (non-hydrogen) atoms. The summed E-state index contributed by atoms with van der Waals surface area (Å²) in [5, 5.41) is 5.05. The minimum Gasteiger partial charge on any atom is -0.383 e. The predicted octanol–water partition coefficient (Wildman–Crippen LogP) is 1.48. The van der Waals surface area contributed by atoms with E-state index in [1.165, 1.54) is 15.6 Å². The summed E-state index contributed by atoms with van der Waals surface area (Å²) in [6, 6.07) is 0. The van der Waals surface area contributed by atoms with Gasteiger partial charge in [-0.05, 0) is 6.92 Å².